The molecular formula is C19H21NO3. The number of carbonyl (C=O) groups excluding carboxylic acids is 1. The molecule has 2 aromatic carbocycles. The summed E-state index contributed by atoms with van der Waals surface area (Å²) in [4.78, 5) is 14.3. The minimum atomic E-state index is -0.0628. The van der Waals surface area contributed by atoms with Gasteiger partial charge in [0.05, 0.1) is 20.3 Å². The third-order valence-electron chi connectivity index (χ3n) is 4.22. The number of hydrogen-bond donors (Lipinski definition) is 0. The first-order valence-electron chi connectivity index (χ1n) is 7.78. The summed E-state index contributed by atoms with van der Waals surface area (Å²) in [5.41, 5.74) is 3.15. The molecule has 4 nitrogen and oxygen atoms in total. The quantitative estimate of drug-likeness (QED) is 0.871. The Hall–Kier alpha value is -2.33. The first-order chi connectivity index (χ1) is 11.2. The number of carbonyl (C=O) groups is 1. The van der Waals surface area contributed by atoms with Crippen molar-refractivity contribution in [3.63, 3.8) is 0 Å². The topological polar surface area (TPSA) is 38.8 Å². The number of hydrogen-bond acceptors (Lipinski definition) is 3. The Labute approximate surface area is 136 Å². The van der Waals surface area contributed by atoms with E-state index in [1.54, 1.807) is 36.3 Å². The first-order valence-corrected chi connectivity index (χ1v) is 7.78. The molecule has 0 aromatic heterocycles. The lowest BCUT2D eigenvalue weighted by Crippen LogP contribution is -2.33. The maximum Gasteiger partial charge on any atom is 0.253 e. The minimum absolute atomic E-state index is 0.0145. The molecule has 1 aliphatic rings. The van der Waals surface area contributed by atoms with Crippen LogP contribution in [0.4, 0.5) is 0 Å². The van der Waals surface area contributed by atoms with Gasteiger partial charge < -0.3 is 14.4 Å². The molecule has 1 heterocycles. The van der Waals surface area contributed by atoms with E-state index < -0.39 is 0 Å². The van der Waals surface area contributed by atoms with Crippen molar-refractivity contribution in [2.45, 2.75) is 12.5 Å². The Balaban J connectivity index is 1.71. The van der Waals surface area contributed by atoms with Gasteiger partial charge in [0.2, 0.25) is 0 Å². The van der Waals surface area contributed by atoms with Crippen LogP contribution in [0.2, 0.25) is 0 Å². The summed E-state index contributed by atoms with van der Waals surface area (Å²) in [7, 11) is 3.42. The molecule has 0 aliphatic carbocycles. The van der Waals surface area contributed by atoms with E-state index in [4.69, 9.17) is 9.47 Å². The third-order valence-corrected chi connectivity index (χ3v) is 4.22. The largest absolute Gasteiger partial charge is 0.497 e. The van der Waals surface area contributed by atoms with E-state index in [-0.39, 0.29) is 12.0 Å². The van der Waals surface area contributed by atoms with E-state index in [1.807, 2.05) is 19.2 Å². The highest BCUT2D eigenvalue weighted by atomic mass is 16.5. The minimum Gasteiger partial charge on any atom is -0.497 e. The van der Waals surface area contributed by atoms with E-state index in [2.05, 4.69) is 12.1 Å². The molecule has 0 N–H and O–H groups in total. The SMILES string of the molecule is COc1ccc(C(=O)N(C)C[C@H]2OCCc3ccccc32)cc1. The highest BCUT2D eigenvalue weighted by molar-refractivity contribution is 5.94. The van der Waals surface area contributed by atoms with Crippen LogP contribution in [0, 0.1) is 0 Å². The van der Waals surface area contributed by atoms with Gasteiger partial charge in [-0.3, -0.25) is 4.79 Å². The van der Waals surface area contributed by atoms with Gasteiger partial charge in [0.1, 0.15) is 11.9 Å². The Morgan fingerprint density at radius 1 is 1.22 bits per heavy atom. The molecule has 120 valence electrons. The number of benzene rings is 2. The zero-order valence-corrected chi connectivity index (χ0v) is 13.5. The fraction of sp³-hybridized carbons (Fsp3) is 0.316. The number of methoxy groups -OCH3 is 1. The molecule has 0 bridgehead atoms. The molecule has 0 radical (unpaired) electrons. The van der Waals surface area contributed by atoms with Crippen molar-refractivity contribution in [1.29, 1.82) is 0 Å². The molecule has 1 atom stereocenters. The van der Waals surface area contributed by atoms with E-state index in [1.165, 1.54) is 11.1 Å². The van der Waals surface area contributed by atoms with Gasteiger partial charge in [-0.25, -0.2) is 0 Å². The molecule has 0 saturated carbocycles. The lowest BCUT2D eigenvalue weighted by molar-refractivity contribution is 0.0200. The van der Waals surface area contributed by atoms with Gasteiger partial charge in [0.25, 0.3) is 5.91 Å². The number of fused-ring (bicyclic) bond motifs is 1. The summed E-state index contributed by atoms with van der Waals surface area (Å²) in [6.07, 6.45) is 0.871. The second-order valence-electron chi connectivity index (χ2n) is 5.72. The van der Waals surface area contributed by atoms with Crippen LogP contribution < -0.4 is 4.74 Å². The lowest BCUT2D eigenvalue weighted by Gasteiger charge is -2.29. The fourth-order valence-electron chi connectivity index (χ4n) is 2.91. The Kier molecular flexibility index (Phi) is 4.63. The Morgan fingerprint density at radius 3 is 2.70 bits per heavy atom. The van der Waals surface area contributed by atoms with E-state index in [0.29, 0.717) is 18.7 Å². The number of rotatable bonds is 4. The van der Waals surface area contributed by atoms with Gasteiger partial charge in [0, 0.05) is 12.6 Å². The predicted octanol–water partition coefficient (Wildman–Crippen LogP) is 3.08. The van der Waals surface area contributed by atoms with Crippen LogP contribution in [0.1, 0.15) is 27.6 Å². The summed E-state index contributed by atoms with van der Waals surface area (Å²) in [5, 5.41) is 0. The van der Waals surface area contributed by atoms with Crippen molar-refractivity contribution >= 4 is 5.91 Å². The number of likely N-dealkylation sites (N-methyl/N-ethyl adjacent to an activating group) is 1. The zero-order valence-electron chi connectivity index (χ0n) is 13.5. The van der Waals surface area contributed by atoms with Crippen LogP contribution in [0.25, 0.3) is 0 Å². The van der Waals surface area contributed by atoms with Crippen molar-refractivity contribution in [3.8, 4) is 5.75 Å². The van der Waals surface area contributed by atoms with E-state index >= 15 is 0 Å². The monoisotopic (exact) mass is 311 g/mol. The smallest absolute Gasteiger partial charge is 0.253 e. The van der Waals surface area contributed by atoms with Crippen molar-refractivity contribution in [2.75, 3.05) is 27.3 Å². The van der Waals surface area contributed by atoms with E-state index in [9.17, 15) is 4.79 Å². The number of nitrogens with zero attached hydrogens (tertiary/aromatic N) is 1. The predicted molar refractivity (Wildman–Crippen MR) is 88.8 cm³/mol. The van der Waals surface area contributed by atoms with Crippen LogP contribution in [0.3, 0.4) is 0 Å². The van der Waals surface area contributed by atoms with Gasteiger partial charge in [0.15, 0.2) is 0 Å². The van der Waals surface area contributed by atoms with Gasteiger partial charge in [-0.15, -0.1) is 0 Å². The molecular weight excluding hydrogens is 290 g/mol. The second kappa shape index (κ2) is 6.84. The maximum absolute atomic E-state index is 12.6. The summed E-state index contributed by atoms with van der Waals surface area (Å²) < 4.78 is 11.0. The number of ether oxygens (including phenoxy) is 2. The Morgan fingerprint density at radius 2 is 1.96 bits per heavy atom. The molecule has 1 aliphatic heterocycles. The first kappa shape index (κ1) is 15.6. The summed E-state index contributed by atoms with van der Waals surface area (Å²) in [6.45, 7) is 1.24. The summed E-state index contributed by atoms with van der Waals surface area (Å²) in [6, 6.07) is 15.5. The fourth-order valence-corrected chi connectivity index (χ4v) is 2.91. The number of amides is 1. The maximum atomic E-state index is 12.6. The van der Waals surface area contributed by atoms with Gasteiger partial charge >= 0.3 is 0 Å². The molecule has 23 heavy (non-hydrogen) atoms. The molecule has 2 aromatic rings. The van der Waals surface area contributed by atoms with Crippen molar-refractivity contribution in [3.05, 3.63) is 65.2 Å². The van der Waals surface area contributed by atoms with Gasteiger partial charge in [-0.1, -0.05) is 24.3 Å². The highest BCUT2D eigenvalue weighted by Crippen LogP contribution is 2.27. The Bertz CT molecular complexity index is 681. The van der Waals surface area contributed by atoms with Crippen molar-refractivity contribution in [1.82, 2.24) is 4.90 Å². The van der Waals surface area contributed by atoms with E-state index in [0.717, 1.165) is 12.2 Å². The molecule has 0 spiro atoms. The van der Waals surface area contributed by atoms with Crippen LogP contribution in [0.5, 0.6) is 5.75 Å². The zero-order chi connectivity index (χ0) is 16.2. The second-order valence-corrected chi connectivity index (χ2v) is 5.72. The van der Waals surface area contributed by atoms with Gasteiger partial charge in [-0.05, 0) is 41.8 Å². The van der Waals surface area contributed by atoms with Crippen molar-refractivity contribution < 1.29 is 14.3 Å². The average Bonchev–Trinajstić information content (AvgIpc) is 2.61. The van der Waals surface area contributed by atoms with Crippen LogP contribution in [0.15, 0.2) is 48.5 Å². The average molecular weight is 311 g/mol. The lowest BCUT2D eigenvalue weighted by atomic mass is 9.97. The molecule has 1 amide bonds. The van der Waals surface area contributed by atoms with Crippen LogP contribution in [-0.2, 0) is 11.2 Å². The van der Waals surface area contributed by atoms with Crippen LogP contribution in [-0.4, -0.2) is 38.1 Å². The molecule has 4 heteroatoms. The third kappa shape index (κ3) is 3.37. The summed E-state index contributed by atoms with van der Waals surface area (Å²) >= 11 is 0. The highest BCUT2D eigenvalue weighted by Gasteiger charge is 2.24. The van der Waals surface area contributed by atoms with Crippen LogP contribution >= 0.6 is 0 Å². The van der Waals surface area contributed by atoms with Crippen molar-refractivity contribution in [2.24, 2.45) is 0 Å². The summed E-state index contributed by atoms with van der Waals surface area (Å²) in [5.74, 6) is 0.730. The normalized spacial score (nSPS) is 16.5. The molecule has 0 unspecified atom stereocenters. The molecule has 3 rings (SSSR count). The van der Waals surface area contributed by atoms with Gasteiger partial charge in [-0.2, -0.15) is 0 Å². The molecule has 0 fully saturated rings. The molecule has 0 saturated heterocycles. The standard InChI is InChI=1S/C19H21NO3/c1-20(19(21)15-7-9-16(22-2)10-8-15)13-18-17-6-4-3-5-14(17)11-12-23-18/h3-10,18H,11-13H2,1-2H3/t18-/m1/s1.